The fourth-order valence-corrected chi connectivity index (χ4v) is 2.06. The molecular weight excluding hydrogens is 295 g/mol. The molecule has 6 heteroatoms. The van der Waals surface area contributed by atoms with Crippen LogP contribution in [0.1, 0.15) is 27.2 Å². The average molecular weight is 319 g/mol. The Hall–Kier alpha value is -0.710. The topological polar surface area (TPSA) is 40.2 Å². The first-order chi connectivity index (χ1) is 9.45. The summed E-state index contributed by atoms with van der Waals surface area (Å²) in [6.07, 6.45) is 1.02. The van der Waals surface area contributed by atoms with Gasteiger partial charge < -0.3 is 15.5 Å². The lowest BCUT2D eigenvalue weighted by Gasteiger charge is -2.21. The quantitative estimate of drug-likeness (QED) is 0.761. The lowest BCUT2D eigenvalue weighted by Crippen LogP contribution is -2.31. The van der Waals surface area contributed by atoms with E-state index in [1.54, 1.807) is 6.07 Å². The second-order valence-corrected chi connectivity index (χ2v) is 5.89. The third-order valence-corrected chi connectivity index (χ3v) is 3.69. The first-order valence-electron chi connectivity index (χ1n) is 6.99. The minimum absolute atomic E-state index is 0.521. The first kappa shape index (κ1) is 17.3. The SMILES string of the molecule is CCCNc1nc(NCCN(C)C(C)C)c(Cl)cc1Cl. The monoisotopic (exact) mass is 318 g/mol. The van der Waals surface area contributed by atoms with E-state index in [0.717, 1.165) is 26.1 Å². The summed E-state index contributed by atoms with van der Waals surface area (Å²) in [7, 11) is 2.09. The minimum atomic E-state index is 0.521. The van der Waals surface area contributed by atoms with Crippen LogP contribution in [0, 0.1) is 0 Å². The zero-order valence-electron chi connectivity index (χ0n) is 12.6. The minimum Gasteiger partial charge on any atom is -0.369 e. The van der Waals surface area contributed by atoms with Crippen LogP contribution < -0.4 is 10.6 Å². The Morgan fingerprint density at radius 3 is 2.20 bits per heavy atom. The second kappa shape index (κ2) is 8.55. The van der Waals surface area contributed by atoms with Gasteiger partial charge in [-0.2, -0.15) is 0 Å². The van der Waals surface area contributed by atoms with E-state index >= 15 is 0 Å². The predicted octanol–water partition coefficient (Wildman–Crippen LogP) is 3.96. The number of hydrogen-bond acceptors (Lipinski definition) is 4. The number of pyridine rings is 1. The summed E-state index contributed by atoms with van der Waals surface area (Å²) in [5.41, 5.74) is 0. The average Bonchev–Trinajstić information content (AvgIpc) is 2.39. The summed E-state index contributed by atoms with van der Waals surface area (Å²) < 4.78 is 0. The molecule has 0 saturated carbocycles. The van der Waals surface area contributed by atoms with Gasteiger partial charge in [-0.1, -0.05) is 30.1 Å². The molecule has 0 aliphatic heterocycles. The number of hydrogen-bond donors (Lipinski definition) is 2. The van der Waals surface area contributed by atoms with Gasteiger partial charge in [0, 0.05) is 25.7 Å². The molecule has 0 saturated heterocycles. The van der Waals surface area contributed by atoms with E-state index in [2.05, 4.69) is 48.3 Å². The molecule has 0 fully saturated rings. The standard InChI is InChI=1S/C14H24Cl2N4/c1-5-6-17-13-11(15)9-12(16)14(19-13)18-7-8-20(4)10(2)3/h9-10H,5-8H2,1-4H3,(H2,17,18,19). The summed E-state index contributed by atoms with van der Waals surface area (Å²) in [5, 5.41) is 7.55. The highest BCUT2D eigenvalue weighted by molar-refractivity contribution is 6.37. The molecule has 0 spiro atoms. The summed E-state index contributed by atoms with van der Waals surface area (Å²) in [6.45, 7) is 8.98. The van der Waals surface area contributed by atoms with Gasteiger partial charge in [0.25, 0.3) is 0 Å². The maximum Gasteiger partial charge on any atom is 0.147 e. The van der Waals surface area contributed by atoms with Gasteiger partial charge in [-0.25, -0.2) is 4.98 Å². The van der Waals surface area contributed by atoms with Crippen LogP contribution in [0.25, 0.3) is 0 Å². The fraction of sp³-hybridized carbons (Fsp3) is 0.643. The third kappa shape index (κ3) is 5.35. The van der Waals surface area contributed by atoms with E-state index in [1.807, 2.05) is 0 Å². The maximum atomic E-state index is 6.16. The number of nitrogens with zero attached hydrogens (tertiary/aromatic N) is 2. The third-order valence-electron chi connectivity index (χ3n) is 3.11. The maximum absolute atomic E-state index is 6.16. The van der Waals surface area contributed by atoms with Crippen molar-refractivity contribution >= 4 is 34.8 Å². The lowest BCUT2D eigenvalue weighted by atomic mass is 10.3. The van der Waals surface area contributed by atoms with Crippen LogP contribution in [-0.4, -0.2) is 42.6 Å². The molecule has 0 radical (unpaired) electrons. The molecule has 2 N–H and O–H groups in total. The molecule has 1 aromatic rings. The molecule has 0 atom stereocenters. The van der Waals surface area contributed by atoms with E-state index in [1.165, 1.54) is 0 Å². The zero-order chi connectivity index (χ0) is 15.1. The molecule has 4 nitrogen and oxygen atoms in total. The van der Waals surface area contributed by atoms with Crippen molar-refractivity contribution < 1.29 is 0 Å². The van der Waals surface area contributed by atoms with E-state index < -0.39 is 0 Å². The normalized spacial score (nSPS) is 11.2. The van der Waals surface area contributed by atoms with E-state index in [9.17, 15) is 0 Å². The molecule has 0 aliphatic carbocycles. The Kier molecular flexibility index (Phi) is 7.41. The van der Waals surface area contributed by atoms with E-state index in [-0.39, 0.29) is 0 Å². The van der Waals surface area contributed by atoms with Crippen LogP contribution in [0.4, 0.5) is 11.6 Å². The van der Waals surface area contributed by atoms with E-state index in [4.69, 9.17) is 23.2 Å². The van der Waals surface area contributed by atoms with Crippen molar-refractivity contribution in [3.8, 4) is 0 Å². The van der Waals surface area contributed by atoms with Crippen molar-refractivity contribution in [2.75, 3.05) is 37.3 Å². The molecule has 1 rings (SSSR count). The number of aromatic nitrogens is 1. The lowest BCUT2D eigenvalue weighted by molar-refractivity contribution is 0.284. The summed E-state index contributed by atoms with van der Waals surface area (Å²) in [5.74, 6) is 1.35. The number of rotatable bonds is 8. The zero-order valence-corrected chi connectivity index (χ0v) is 14.1. The fourth-order valence-electron chi connectivity index (χ4n) is 1.57. The van der Waals surface area contributed by atoms with Crippen molar-refractivity contribution in [2.24, 2.45) is 0 Å². The van der Waals surface area contributed by atoms with Gasteiger partial charge in [-0.05, 0) is 33.4 Å². The van der Waals surface area contributed by atoms with Gasteiger partial charge in [0.15, 0.2) is 0 Å². The second-order valence-electron chi connectivity index (χ2n) is 5.08. The molecule has 20 heavy (non-hydrogen) atoms. The number of likely N-dealkylation sites (N-methyl/N-ethyl adjacent to an activating group) is 1. The van der Waals surface area contributed by atoms with Crippen molar-refractivity contribution in [2.45, 2.75) is 33.2 Å². The molecule has 0 aliphatic rings. The van der Waals surface area contributed by atoms with Gasteiger partial charge in [0.2, 0.25) is 0 Å². The van der Waals surface area contributed by atoms with Crippen molar-refractivity contribution in [3.63, 3.8) is 0 Å². The van der Waals surface area contributed by atoms with E-state index in [0.29, 0.717) is 27.7 Å². The largest absolute Gasteiger partial charge is 0.369 e. The van der Waals surface area contributed by atoms with Crippen LogP contribution in [0.5, 0.6) is 0 Å². The van der Waals surface area contributed by atoms with Crippen LogP contribution >= 0.6 is 23.2 Å². The van der Waals surface area contributed by atoms with Gasteiger partial charge in [0.1, 0.15) is 11.6 Å². The van der Waals surface area contributed by atoms with Gasteiger partial charge in [-0.3, -0.25) is 0 Å². The van der Waals surface area contributed by atoms with Crippen molar-refractivity contribution in [1.29, 1.82) is 0 Å². The van der Waals surface area contributed by atoms with Crippen molar-refractivity contribution in [1.82, 2.24) is 9.88 Å². The molecule has 0 bridgehead atoms. The summed E-state index contributed by atoms with van der Waals surface area (Å²) in [6, 6.07) is 2.25. The van der Waals surface area contributed by atoms with Crippen molar-refractivity contribution in [3.05, 3.63) is 16.1 Å². The molecule has 1 heterocycles. The predicted molar refractivity (Wildman–Crippen MR) is 89.3 cm³/mol. The van der Waals surface area contributed by atoms with Crippen LogP contribution in [0.2, 0.25) is 10.0 Å². The Bertz CT molecular complexity index is 424. The van der Waals surface area contributed by atoms with Crippen LogP contribution in [0.15, 0.2) is 6.07 Å². The van der Waals surface area contributed by atoms with Crippen LogP contribution in [-0.2, 0) is 0 Å². The number of nitrogens with one attached hydrogen (secondary N) is 2. The summed E-state index contributed by atoms with van der Waals surface area (Å²) in [4.78, 5) is 6.70. The first-order valence-corrected chi connectivity index (χ1v) is 7.75. The van der Waals surface area contributed by atoms with Gasteiger partial charge in [0.05, 0.1) is 10.0 Å². The van der Waals surface area contributed by atoms with Crippen LogP contribution in [0.3, 0.4) is 0 Å². The number of halogens is 2. The molecule has 0 aromatic carbocycles. The molecule has 114 valence electrons. The highest BCUT2D eigenvalue weighted by atomic mass is 35.5. The van der Waals surface area contributed by atoms with Gasteiger partial charge in [-0.15, -0.1) is 0 Å². The molecule has 1 aromatic heterocycles. The van der Waals surface area contributed by atoms with Gasteiger partial charge >= 0.3 is 0 Å². The number of anilines is 2. The molecule has 0 amide bonds. The Balaban J connectivity index is 2.64. The smallest absolute Gasteiger partial charge is 0.147 e. The molecule has 0 unspecified atom stereocenters. The Labute approximate surface area is 131 Å². The molecular formula is C14H24Cl2N4. The Morgan fingerprint density at radius 1 is 1.15 bits per heavy atom. The summed E-state index contributed by atoms with van der Waals surface area (Å²) >= 11 is 12.3. The Morgan fingerprint density at radius 2 is 1.70 bits per heavy atom. The highest BCUT2D eigenvalue weighted by Crippen LogP contribution is 2.29. The highest BCUT2D eigenvalue weighted by Gasteiger charge is 2.09.